The third-order valence-corrected chi connectivity index (χ3v) is 9.72. The van der Waals surface area contributed by atoms with Gasteiger partial charge in [-0.3, -0.25) is 33.8 Å². The van der Waals surface area contributed by atoms with Crippen molar-refractivity contribution in [2.24, 2.45) is 23.2 Å². The van der Waals surface area contributed by atoms with Gasteiger partial charge in [0.25, 0.3) is 5.91 Å². The molecule has 3 N–H and O–H groups in total. The first kappa shape index (κ1) is 36.1. The van der Waals surface area contributed by atoms with Crippen LogP contribution in [0.5, 0.6) is 0 Å². The third-order valence-electron chi connectivity index (χ3n) is 9.72. The van der Waals surface area contributed by atoms with Gasteiger partial charge >= 0.3 is 0 Å². The van der Waals surface area contributed by atoms with Crippen LogP contribution in [-0.4, -0.2) is 94.0 Å². The lowest BCUT2D eigenvalue weighted by Gasteiger charge is -2.37. The van der Waals surface area contributed by atoms with Gasteiger partial charge in [-0.1, -0.05) is 40.5 Å². The highest BCUT2D eigenvalue weighted by atomic mass is 16.5. The second-order valence-corrected chi connectivity index (χ2v) is 14.3. The molecule has 2 saturated carbocycles. The van der Waals surface area contributed by atoms with Gasteiger partial charge in [-0.15, -0.1) is 0 Å². The monoisotopic (exact) mass is 654 g/mol. The average molecular weight is 655 g/mol. The highest BCUT2D eigenvalue weighted by molar-refractivity contribution is 6.38. The number of rotatable bonds is 15. The first-order chi connectivity index (χ1) is 22.3. The molecule has 3 aliphatic rings. The molecule has 13 nitrogen and oxygen atoms in total. The Labute approximate surface area is 276 Å². The number of aromatic nitrogens is 2. The second kappa shape index (κ2) is 15.4. The lowest BCUT2D eigenvalue weighted by Crippen LogP contribution is -2.60. The lowest BCUT2D eigenvalue weighted by molar-refractivity contribution is -0.146. The van der Waals surface area contributed by atoms with Gasteiger partial charge < -0.3 is 25.6 Å². The van der Waals surface area contributed by atoms with E-state index in [1.54, 1.807) is 11.8 Å². The molecule has 4 rings (SSSR count). The minimum absolute atomic E-state index is 0.00719. The number of methoxy groups -OCH3 is 1. The van der Waals surface area contributed by atoms with Crippen LogP contribution in [0.4, 0.5) is 0 Å². The van der Waals surface area contributed by atoms with Crippen LogP contribution in [0.1, 0.15) is 96.5 Å². The minimum atomic E-state index is -1.03. The number of amides is 4. The summed E-state index contributed by atoms with van der Waals surface area (Å²) >= 11 is 0. The van der Waals surface area contributed by atoms with Crippen molar-refractivity contribution in [1.29, 1.82) is 0 Å². The van der Waals surface area contributed by atoms with Crippen molar-refractivity contribution >= 4 is 35.2 Å². The van der Waals surface area contributed by atoms with E-state index in [2.05, 4.69) is 25.9 Å². The average Bonchev–Trinajstić information content (AvgIpc) is 3.61. The Bertz CT molecular complexity index is 1330. The predicted octanol–water partition coefficient (Wildman–Crippen LogP) is 1.99. The Hall–Kier alpha value is -3.74. The number of carbonyl (C=O) groups is 6. The molecule has 0 aromatic carbocycles. The zero-order chi connectivity index (χ0) is 34.5. The molecule has 47 heavy (non-hydrogen) atoms. The van der Waals surface area contributed by atoms with Gasteiger partial charge in [-0.2, -0.15) is 0 Å². The molecule has 7 atom stereocenters. The highest BCUT2D eigenvalue weighted by Gasteiger charge is 2.52. The summed E-state index contributed by atoms with van der Waals surface area (Å²) in [6, 6.07) is -2.86. The van der Waals surface area contributed by atoms with Crippen LogP contribution in [0.2, 0.25) is 0 Å². The van der Waals surface area contributed by atoms with E-state index >= 15 is 0 Å². The quantitative estimate of drug-likeness (QED) is 0.189. The van der Waals surface area contributed by atoms with Crippen molar-refractivity contribution in [3.63, 3.8) is 0 Å². The Kier molecular flexibility index (Phi) is 11.9. The normalized spacial score (nSPS) is 23.2. The molecule has 258 valence electrons. The molecule has 2 aliphatic carbocycles. The van der Waals surface area contributed by atoms with E-state index in [1.807, 2.05) is 27.7 Å². The number of fused-ring (bicyclic) bond motifs is 1. The molecule has 1 unspecified atom stereocenters. The molecule has 1 aliphatic heterocycles. The summed E-state index contributed by atoms with van der Waals surface area (Å²) in [5, 5.41) is 8.45. The molecular weight excluding hydrogens is 604 g/mol. The van der Waals surface area contributed by atoms with E-state index in [0.717, 1.165) is 32.1 Å². The lowest BCUT2D eigenvalue weighted by atomic mass is 9.84. The van der Waals surface area contributed by atoms with Gasteiger partial charge in [0.2, 0.25) is 23.5 Å². The summed E-state index contributed by atoms with van der Waals surface area (Å²) in [7, 11) is 1.45. The fourth-order valence-electron chi connectivity index (χ4n) is 6.77. The Morgan fingerprint density at radius 1 is 1.04 bits per heavy atom. The first-order valence-electron chi connectivity index (χ1n) is 16.8. The number of carbonyl (C=O) groups excluding carboxylic acids is 6. The molecule has 2 heterocycles. The number of likely N-dealkylation sites (tertiary alicyclic amines) is 1. The van der Waals surface area contributed by atoms with Crippen molar-refractivity contribution in [2.45, 2.75) is 116 Å². The van der Waals surface area contributed by atoms with Gasteiger partial charge in [0, 0.05) is 38.5 Å². The van der Waals surface area contributed by atoms with E-state index in [0.29, 0.717) is 19.4 Å². The summed E-state index contributed by atoms with van der Waals surface area (Å²) in [5.41, 5.74) is -0.637. The van der Waals surface area contributed by atoms with Crippen LogP contribution in [-0.2, 0) is 28.7 Å². The zero-order valence-electron chi connectivity index (χ0n) is 28.4. The van der Waals surface area contributed by atoms with Gasteiger partial charge in [0.1, 0.15) is 17.8 Å². The number of ether oxygens (including phenoxy) is 1. The van der Waals surface area contributed by atoms with E-state index in [9.17, 15) is 28.8 Å². The van der Waals surface area contributed by atoms with Crippen molar-refractivity contribution in [3.8, 4) is 0 Å². The van der Waals surface area contributed by atoms with Crippen LogP contribution in [0.15, 0.2) is 18.6 Å². The maximum atomic E-state index is 14.4. The molecule has 3 fully saturated rings. The molecular formula is C34H50N6O7. The van der Waals surface area contributed by atoms with E-state index in [1.165, 1.54) is 25.7 Å². The second-order valence-electron chi connectivity index (χ2n) is 14.3. The van der Waals surface area contributed by atoms with Crippen molar-refractivity contribution < 1.29 is 33.5 Å². The van der Waals surface area contributed by atoms with E-state index in [-0.39, 0.29) is 35.8 Å². The molecule has 0 spiro atoms. The smallest absolute Gasteiger partial charge is 0.289 e. The van der Waals surface area contributed by atoms with Gasteiger partial charge in [-0.25, -0.2) is 4.98 Å². The summed E-state index contributed by atoms with van der Waals surface area (Å²) in [6.07, 6.45) is 8.42. The van der Waals surface area contributed by atoms with Crippen molar-refractivity contribution in [3.05, 3.63) is 24.3 Å². The third kappa shape index (κ3) is 8.79. The maximum absolute atomic E-state index is 14.4. The summed E-state index contributed by atoms with van der Waals surface area (Å²) in [6.45, 7) is 9.39. The maximum Gasteiger partial charge on any atom is 0.289 e. The summed E-state index contributed by atoms with van der Waals surface area (Å²) in [4.78, 5) is 90.5. The number of hydrogen-bond donors (Lipinski definition) is 3. The van der Waals surface area contributed by atoms with Gasteiger partial charge in [0.05, 0.1) is 24.3 Å². The number of nitrogens with one attached hydrogen (secondary N) is 3. The molecule has 0 radical (unpaired) electrons. The first-order valence-corrected chi connectivity index (χ1v) is 16.8. The van der Waals surface area contributed by atoms with Gasteiger partial charge in [0.15, 0.2) is 5.78 Å². The Morgan fingerprint density at radius 2 is 1.77 bits per heavy atom. The molecule has 1 saturated heterocycles. The number of Topliss-reactive ketones (excluding diaryl/α,β-unsaturated/α-hetero) is 2. The standard InChI is InChI=1S/C34H50N6O7/c1-7-9-24(28(42)32(45)37-21-12-13-21)38-31(44)27-22-11-8-10-20(22)18-40(27)33(46)29(34(3,4)5)39-30(43)23(19(2)47-6)16-26(41)25-17-35-14-15-36-25/h14-15,17,19-24,27,29H,7-13,16,18H2,1-6H3,(H,37,45)(H,38,44)(H,39,43)/t19-,20+,22+,23+,24?,27+,29-/m1/s1. The molecule has 1 aromatic heterocycles. The van der Waals surface area contributed by atoms with Crippen molar-refractivity contribution in [2.75, 3.05) is 13.7 Å². The van der Waals surface area contributed by atoms with E-state index in [4.69, 9.17) is 4.74 Å². The van der Waals surface area contributed by atoms with Crippen LogP contribution in [0.3, 0.4) is 0 Å². The fourth-order valence-corrected chi connectivity index (χ4v) is 6.77. The molecule has 0 bridgehead atoms. The number of hydrogen-bond acceptors (Lipinski definition) is 9. The Balaban J connectivity index is 1.55. The molecule has 4 amide bonds. The van der Waals surface area contributed by atoms with Crippen LogP contribution >= 0.6 is 0 Å². The summed E-state index contributed by atoms with van der Waals surface area (Å²) < 4.78 is 5.46. The van der Waals surface area contributed by atoms with Crippen LogP contribution < -0.4 is 16.0 Å². The van der Waals surface area contributed by atoms with Crippen LogP contribution in [0, 0.1) is 23.2 Å². The minimum Gasteiger partial charge on any atom is -0.381 e. The fraction of sp³-hybridized carbons (Fsp3) is 0.706. The number of ketones is 2. The van der Waals surface area contributed by atoms with Gasteiger partial charge in [-0.05, 0) is 56.3 Å². The summed E-state index contributed by atoms with van der Waals surface area (Å²) in [5.74, 6) is -4.07. The molecule has 13 heteroatoms. The van der Waals surface area contributed by atoms with Crippen LogP contribution in [0.25, 0.3) is 0 Å². The largest absolute Gasteiger partial charge is 0.381 e. The zero-order valence-corrected chi connectivity index (χ0v) is 28.4. The topological polar surface area (TPSA) is 177 Å². The van der Waals surface area contributed by atoms with E-state index < -0.39 is 65.0 Å². The Morgan fingerprint density at radius 3 is 2.36 bits per heavy atom. The number of nitrogens with zero attached hydrogens (tertiary/aromatic N) is 3. The molecule has 1 aromatic rings. The van der Waals surface area contributed by atoms with Crippen molar-refractivity contribution in [1.82, 2.24) is 30.8 Å². The SMILES string of the molecule is CCCC(NC(=O)[C@@H]1[C@H]2CCC[C@H]2CN1C(=O)[C@@H](NC(=O)[C@@H](CC(=O)c1cnccn1)[C@@H](C)OC)C(C)(C)C)C(=O)C(=O)NC1CC1. The highest BCUT2D eigenvalue weighted by Crippen LogP contribution is 2.43. The predicted molar refractivity (Wildman–Crippen MR) is 172 cm³/mol.